The maximum atomic E-state index is 12.7. The van der Waals surface area contributed by atoms with E-state index in [1.807, 2.05) is 39.3 Å². The number of hydrogen-bond acceptors (Lipinski definition) is 13. The second kappa shape index (κ2) is 44.4. The predicted octanol–water partition coefficient (Wildman–Crippen LogP) is -3.46. The summed E-state index contributed by atoms with van der Waals surface area (Å²) in [5.41, 5.74) is 6.38. The van der Waals surface area contributed by atoms with Crippen LogP contribution < -0.4 is 93.0 Å². The third-order valence-corrected chi connectivity index (χ3v) is 8.13. The van der Waals surface area contributed by atoms with Gasteiger partial charge in [-0.2, -0.15) is 0 Å². The molecule has 14 radical (unpaired) electrons. The van der Waals surface area contributed by atoms with Gasteiger partial charge in [-0.1, -0.05) is 57.1 Å². The normalized spacial score (nSPS) is 8.64. The van der Waals surface area contributed by atoms with E-state index in [4.69, 9.17) is 66.5 Å². The largest absolute Gasteiger partial charge is 1.00 e. The van der Waals surface area contributed by atoms with Crippen molar-refractivity contribution in [1.82, 2.24) is 29.9 Å². The first kappa shape index (κ1) is 73.2. The molecule has 0 unspecified atom stereocenters. The van der Waals surface area contributed by atoms with Gasteiger partial charge in [0.05, 0.1) is 53.1 Å². The Balaban J connectivity index is -0.000000375. The molecular formula is C45H52B7Cl3F5N13-2. The van der Waals surface area contributed by atoms with Crippen molar-refractivity contribution in [3.63, 3.8) is 0 Å². The zero-order valence-electron chi connectivity index (χ0n) is 41.6. The smallest absolute Gasteiger partial charge is 0.222 e. The maximum Gasteiger partial charge on any atom is 0.222 e. The molecule has 0 atom stereocenters. The van der Waals surface area contributed by atoms with Crippen molar-refractivity contribution in [3.05, 3.63) is 132 Å². The van der Waals surface area contributed by atoms with Gasteiger partial charge in [-0.3, -0.25) is 19.3 Å². The molecule has 4 aromatic heterocycles. The van der Waals surface area contributed by atoms with Gasteiger partial charge in [-0.15, -0.1) is 11.6 Å². The fourth-order valence-electron chi connectivity index (χ4n) is 4.34. The van der Waals surface area contributed by atoms with E-state index in [9.17, 15) is 17.6 Å². The van der Waals surface area contributed by atoms with Crippen LogP contribution in [0.25, 0.3) is 0 Å². The lowest BCUT2D eigenvalue weighted by Crippen LogP contribution is -3.00. The molecule has 7 N–H and O–H groups in total. The predicted molar refractivity (Wildman–Crippen MR) is 300 cm³/mol. The van der Waals surface area contributed by atoms with Gasteiger partial charge in [0, 0.05) is 80.5 Å². The Bertz CT molecular complexity index is 2220. The van der Waals surface area contributed by atoms with Crippen molar-refractivity contribution in [3.8, 4) is 0 Å². The Kier molecular flexibility index (Phi) is 44.5. The first-order chi connectivity index (χ1) is 33.9. The Labute approximate surface area is 451 Å². The van der Waals surface area contributed by atoms with E-state index in [1.165, 1.54) is 19.5 Å². The fraction of sp³-hybridized carbons (Fsp3) is 0.200. The van der Waals surface area contributed by atoms with Crippen LogP contribution in [0.1, 0.15) is 0 Å². The van der Waals surface area contributed by atoms with Crippen LogP contribution in [0.2, 0.25) is 5.02 Å². The minimum Gasteiger partial charge on any atom is -1.00 e. The van der Waals surface area contributed by atoms with E-state index in [2.05, 4.69) is 78.7 Å². The summed E-state index contributed by atoms with van der Waals surface area (Å²) in [7, 11) is 49.9. The molecule has 0 saturated carbocycles. The molecular weight excluding hydrogens is 1000 g/mol. The van der Waals surface area contributed by atoms with E-state index in [0.29, 0.717) is 57.0 Å². The second-order valence-corrected chi connectivity index (χ2v) is 13.1. The molecule has 376 valence electrons. The summed E-state index contributed by atoms with van der Waals surface area (Å²) >= 11 is 10.4. The number of rotatable bonds is 7. The van der Waals surface area contributed by atoms with E-state index in [0.717, 1.165) is 35.0 Å². The number of benzene rings is 3. The van der Waals surface area contributed by atoms with Gasteiger partial charge in [0.2, 0.25) is 5.95 Å². The van der Waals surface area contributed by atoms with Crippen LogP contribution in [-0.2, 0) is 0 Å². The number of alkyl halides is 2. The lowest BCUT2D eigenvalue weighted by Gasteiger charge is -2.04. The maximum absolute atomic E-state index is 12.7. The van der Waals surface area contributed by atoms with Crippen LogP contribution in [-0.4, -0.2) is 148 Å². The number of nitrogens with one attached hydrogen (secondary N) is 7. The Morgan fingerprint density at radius 2 is 0.890 bits per heavy atom. The number of halogens is 8. The van der Waals surface area contributed by atoms with Gasteiger partial charge in [-0.25, -0.2) is 28.1 Å². The highest BCUT2D eigenvalue weighted by molar-refractivity contribution is 6.38. The number of nitrogens with zero attached hydrogens (tertiary/aromatic N) is 6. The third kappa shape index (κ3) is 33.1. The lowest BCUT2D eigenvalue weighted by atomic mass is 9.96. The van der Waals surface area contributed by atoms with Crippen molar-refractivity contribution in [2.45, 2.75) is 0 Å². The van der Waals surface area contributed by atoms with Crippen molar-refractivity contribution in [2.75, 3.05) is 100 Å². The van der Waals surface area contributed by atoms with Gasteiger partial charge in [0.25, 0.3) is 0 Å². The van der Waals surface area contributed by atoms with Gasteiger partial charge in [0.15, 0.2) is 7.85 Å². The molecule has 73 heavy (non-hydrogen) atoms. The highest BCUT2D eigenvalue weighted by Crippen LogP contribution is 2.18. The van der Waals surface area contributed by atoms with E-state index in [1.54, 1.807) is 94.7 Å². The monoisotopic (exact) mass is 1050 g/mol. The van der Waals surface area contributed by atoms with E-state index >= 15 is 0 Å². The highest BCUT2D eigenvalue weighted by atomic mass is 35.5. The average molecular weight is 1050 g/mol. The summed E-state index contributed by atoms with van der Waals surface area (Å²) in [4.78, 5) is 23.0. The second-order valence-electron chi connectivity index (χ2n) is 12.7. The molecule has 0 aliphatic carbocycles. The number of hydrogen-bond donors (Lipinski definition) is 7. The van der Waals surface area contributed by atoms with E-state index in [-0.39, 0.29) is 34.1 Å². The molecule has 13 nitrogen and oxygen atoms in total. The molecule has 7 aromatic rings. The standard InChI is InChI=1S/C7H7BClN.C7H6BF2N.C7H7BFN.2C6H7BN2.2C5H6BN3.CH3Cl.CH3F.ClH.FH/c1-10-7-3-2-5(8)4-6(7)9;1-11-7-5(9)2-4(8)3-6(7)10;1-10-7-3-2-5(8)4-6(7)9;1-8-5-2-3-6(7)9-4-5;1-8-6-3-2-5(7)4-9-6;1-7-4-2-8-5(6)9-3-4;1-7-5-8-2-4(6)3-9-5;2*1-2;;/h2-4,10H,1H3;2-3,11H,1H3;2-4,10H,1H3;2-4,8H,1H3;2-4H,1H3,(H,8,9);2-3,7H,1H3;2-3H,1H3,(H,7,8,9);2*1H3;2*1H/p-2. The molecule has 28 heteroatoms. The van der Waals surface area contributed by atoms with E-state index < -0.39 is 11.6 Å². The van der Waals surface area contributed by atoms with Crippen molar-refractivity contribution < 1.29 is 34.7 Å². The molecule has 7 rings (SSSR count). The minimum atomic E-state index is -0.676. The zero-order chi connectivity index (χ0) is 54.3. The molecule has 3 aromatic carbocycles. The lowest BCUT2D eigenvalue weighted by molar-refractivity contribution is -0.00100. The Morgan fingerprint density at radius 1 is 0.425 bits per heavy atom. The summed E-state index contributed by atoms with van der Waals surface area (Å²) in [5.74, 6) is -0.245. The summed E-state index contributed by atoms with van der Waals surface area (Å²) in [6.07, 6.45) is 11.1. The van der Waals surface area contributed by atoms with Crippen molar-refractivity contribution in [1.29, 1.82) is 0 Å². The minimum absolute atomic E-state index is 0. The van der Waals surface area contributed by atoms with Gasteiger partial charge in [0.1, 0.15) is 76.0 Å². The fourth-order valence-corrected chi connectivity index (χ4v) is 4.62. The summed E-state index contributed by atoms with van der Waals surface area (Å²) in [6.45, 7) is 0. The Morgan fingerprint density at radius 3 is 1.29 bits per heavy atom. The molecule has 0 bridgehead atoms. The molecule has 0 spiro atoms. The number of pyridine rings is 2. The highest BCUT2D eigenvalue weighted by Gasteiger charge is 2.06. The molecule has 0 amide bonds. The van der Waals surface area contributed by atoms with Crippen molar-refractivity contribution >= 4 is 157 Å². The molecule has 0 aliphatic heterocycles. The first-order valence-electron chi connectivity index (χ1n) is 20.4. The molecule has 0 fully saturated rings. The Hall–Kier alpha value is -6.31. The van der Waals surface area contributed by atoms with Gasteiger partial charge >= 0.3 is 0 Å². The average Bonchev–Trinajstić information content (AvgIpc) is 3.37. The third-order valence-electron chi connectivity index (χ3n) is 7.81. The first-order valence-corrected chi connectivity index (χ1v) is 21.5. The van der Waals surface area contributed by atoms with Crippen LogP contribution in [0, 0.1) is 17.5 Å². The summed E-state index contributed by atoms with van der Waals surface area (Å²) in [6, 6.07) is 19.3. The summed E-state index contributed by atoms with van der Waals surface area (Å²) in [5, 5.41) is 20.1. The zero-order valence-corrected chi connectivity index (χ0v) is 43.9. The topological polar surface area (TPSA) is 162 Å². The summed E-state index contributed by atoms with van der Waals surface area (Å²) < 4.78 is 47.7. The van der Waals surface area contributed by atoms with Crippen LogP contribution >= 0.6 is 23.2 Å². The molecule has 4 heterocycles. The van der Waals surface area contributed by atoms with Crippen LogP contribution in [0.3, 0.4) is 0 Å². The number of aromatic nitrogens is 6. The van der Waals surface area contributed by atoms with Crippen LogP contribution in [0.5, 0.6) is 0 Å². The molecule has 0 saturated heterocycles. The van der Waals surface area contributed by atoms with Gasteiger partial charge in [-0.05, 0) is 60.2 Å². The van der Waals surface area contributed by atoms with Crippen molar-refractivity contribution in [2.24, 2.45) is 0 Å². The van der Waals surface area contributed by atoms with Crippen LogP contribution in [0.4, 0.5) is 57.8 Å². The van der Waals surface area contributed by atoms with Gasteiger partial charge < -0.3 is 54.3 Å². The molecule has 0 aliphatic rings. The SMILES string of the molecule is CCl.CF.[B]c1cc(F)c(NC)c(F)c1.[B]c1ccc(NC)c(Cl)c1.[B]c1ccc(NC)c(F)c1.[B]c1ccc(NC)cn1.[B]c1ccc(NC)nc1.[B]c1cnc(NC)nc1.[B]c1ncc(NC)cn1.[Cl-].[F-]. The van der Waals surface area contributed by atoms with Crippen LogP contribution in [0.15, 0.2) is 110 Å². The number of anilines is 7. The quantitative estimate of drug-likeness (QED) is 0.0481.